The van der Waals surface area contributed by atoms with Crippen molar-refractivity contribution in [3.8, 4) is 0 Å². The van der Waals surface area contributed by atoms with Crippen LogP contribution in [0.15, 0.2) is 42.6 Å². The smallest absolute Gasteiger partial charge is 0.272 e. The van der Waals surface area contributed by atoms with E-state index in [9.17, 15) is 9.59 Å². The van der Waals surface area contributed by atoms with Gasteiger partial charge in [0, 0.05) is 31.5 Å². The predicted octanol–water partition coefficient (Wildman–Crippen LogP) is 1.48. The molecule has 1 aliphatic heterocycles. The Hall–Kier alpha value is -2.96. The maximum Gasteiger partial charge on any atom is 0.272 e. The summed E-state index contributed by atoms with van der Waals surface area (Å²) in [5.41, 5.74) is 1.33. The maximum absolute atomic E-state index is 12.7. The molecular weight excluding hydrogens is 330 g/mol. The second kappa shape index (κ2) is 8.94. The van der Waals surface area contributed by atoms with Crippen molar-refractivity contribution >= 4 is 17.6 Å². The van der Waals surface area contributed by atoms with Crippen LogP contribution < -0.4 is 10.6 Å². The molecule has 2 aromatic heterocycles. The van der Waals surface area contributed by atoms with E-state index >= 15 is 0 Å². The molecular formula is C19H23N5O2. The zero-order chi connectivity index (χ0) is 18.2. The highest BCUT2D eigenvalue weighted by Crippen LogP contribution is 2.09. The minimum absolute atomic E-state index is 0.0380. The number of pyridine rings is 2. The molecule has 2 N–H and O–H groups in total. The minimum atomic E-state index is -0.226. The molecule has 0 saturated carbocycles. The van der Waals surface area contributed by atoms with Crippen LogP contribution in [0.1, 0.15) is 29.0 Å². The van der Waals surface area contributed by atoms with Crippen LogP contribution in [-0.4, -0.2) is 52.9 Å². The lowest BCUT2D eigenvalue weighted by molar-refractivity contribution is -0.121. The number of carbonyl (C=O) groups is 2. The highest BCUT2D eigenvalue weighted by molar-refractivity contribution is 5.94. The monoisotopic (exact) mass is 353 g/mol. The van der Waals surface area contributed by atoms with Gasteiger partial charge in [-0.15, -0.1) is 0 Å². The first-order valence-electron chi connectivity index (χ1n) is 8.89. The molecule has 2 amide bonds. The molecule has 0 fully saturated rings. The van der Waals surface area contributed by atoms with Gasteiger partial charge in [0.1, 0.15) is 11.5 Å². The van der Waals surface area contributed by atoms with Gasteiger partial charge in [0.25, 0.3) is 5.91 Å². The van der Waals surface area contributed by atoms with Crippen molar-refractivity contribution in [2.75, 3.05) is 31.5 Å². The summed E-state index contributed by atoms with van der Waals surface area (Å²) in [5.74, 6) is 0.464. The Kier molecular flexibility index (Phi) is 6.14. The first-order chi connectivity index (χ1) is 12.7. The normalized spacial score (nSPS) is 16.2. The van der Waals surface area contributed by atoms with Gasteiger partial charge in [-0.2, -0.15) is 0 Å². The zero-order valence-corrected chi connectivity index (χ0v) is 14.6. The van der Waals surface area contributed by atoms with Crippen LogP contribution in [0.2, 0.25) is 0 Å². The third-order valence-corrected chi connectivity index (χ3v) is 4.16. The van der Waals surface area contributed by atoms with Gasteiger partial charge in [0.15, 0.2) is 0 Å². The first-order valence-corrected chi connectivity index (χ1v) is 8.89. The lowest BCUT2D eigenvalue weighted by atomic mass is 10.2. The summed E-state index contributed by atoms with van der Waals surface area (Å²) in [7, 11) is 0. The molecule has 3 rings (SSSR count). The van der Waals surface area contributed by atoms with E-state index in [1.165, 1.54) is 0 Å². The molecule has 1 aliphatic rings. The van der Waals surface area contributed by atoms with E-state index in [4.69, 9.17) is 0 Å². The standard InChI is InChI=1S/C19H23N5O2/c25-18-14-24(19(26)16-8-1-2-10-20-16)13-4-7-15-6-3-9-17(23-15)21-11-5-12-22-18/h1-3,6,8-10H,4-5,7,11-14H2,(H,21,23)(H,22,25). The average Bonchev–Trinajstić information content (AvgIpc) is 2.67. The summed E-state index contributed by atoms with van der Waals surface area (Å²) in [4.78, 5) is 35.2. The van der Waals surface area contributed by atoms with Crippen LogP contribution in [0.5, 0.6) is 0 Å². The van der Waals surface area contributed by atoms with Gasteiger partial charge in [-0.1, -0.05) is 12.1 Å². The van der Waals surface area contributed by atoms with E-state index < -0.39 is 0 Å². The fraction of sp³-hybridized carbons (Fsp3) is 0.368. The second-order valence-electron chi connectivity index (χ2n) is 6.19. The minimum Gasteiger partial charge on any atom is -0.370 e. The lowest BCUT2D eigenvalue weighted by Gasteiger charge is -2.22. The lowest BCUT2D eigenvalue weighted by Crippen LogP contribution is -2.42. The van der Waals surface area contributed by atoms with Crippen LogP contribution in [-0.2, 0) is 11.2 Å². The van der Waals surface area contributed by atoms with E-state index in [0.717, 1.165) is 37.3 Å². The van der Waals surface area contributed by atoms with E-state index in [-0.39, 0.29) is 18.4 Å². The van der Waals surface area contributed by atoms with Crippen molar-refractivity contribution in [3.05, 3.63) is 54.0 Å². The van der Waals surface area contributed by atoms with Crippen molar-refractivity contribution in [2.45, 2.75) is 19.3 Å². The van der Waals surface area contributed by atoms with E-state index in [1.807, 2.05) is 18.2 Å². The Morgan fingerprint density at radius 2 is 1.92 bits per heavy atom. The fourth-order valence-electron chi connectivity index (χ4n) is 2.83. The number of rotatable bonds is 1. The molecule has 0 aliphatic carbocycles. The Morgan fingerprint density at radius 3 is 2.77 bits per heavy atom. The predicted molar refractivity (Wildman–Crippen MR) is 98.8 cm³/mol. The van der Waals surface area contributed by atoms with Gasteiger partial charge in [0.2, 0.25) is 5.91 Å². The summed E-state index contributed by atoms with van der Waals surface area (Å²) >= 11 is 0. The highest BCUT2D eigenvalue weighted by atomic mass is 16.2. The Balaban J connectivity index is 1.74. The number of nitrogens with zero attached hydrogens (tertiary/aromatic N) is 3. The van der Waals surface area contributed by atoms with Gasteiger partial charge in [0.05, 0.1) is 6.54 Å². The Bertz CT molecular complexity index is 751. The summed E-state index contributed by atoms with van der Waals surface area (Å²) in [5, 5.41) is 6.13. The van der Waals surface area contributed by atoms with Crippen LogP contribution in [0.4, 0.5) is 5.82 Å². The summed E-state index contributed by atoms with van der Waals surface area (Å²) in [6, 6.07) is 11.1. The van der Waals surface area contributed by atoms with Crippen molar-refractivity contribution in [3.63, 3.8) is 0 Å². The number of hydrogen-bond donors (Lipinski definition) is 2. The highest BCUT2D eigenvalue weighted by Gasteiger charge is 2.19. The van der Waals surface area contributed by atoms with E-state index in [0.29, 0.717) is 18.8 Å². The van der Waals surface area contributed by atoms with Crippen molar-refractivity contribution in [2.24, 2.45) is 0 Å². The number of carbonyl (C=O) groups excluding carboxylic acids is 2. The molecule has 7 nitrogen and oxygen atoms in total. The molecule has 2 aromatic rings. The molecule has 0 unspecified atom stereocenters. The number of aryl methyl sites for hydroxylation is 1. The molecule has 0 atom stereocenters. The quantitative estimate of drug-likeness (QED) is 0.811. The molecule has 0 aromatic carbocycles. The van der Waals surface area contributed by atoms with E-state index in [1.54, 1.807) is 29.3 Å². The van der Waals surface area contributed by atoms with Crippen molar-refractivity contribution in [1.29, 1.82) is 0 Å². The van der Waals surface area contributed by atoms with Crippen LogP contribution in [0, 0.1) is 0 Å². The number of amides is 2. The van der Waals surface area contributed by atoms with E-state index in [2.05, 4.69) is 20.6 Å². The molecule has 0 radical (unpaired) electrons. The molecule has 3 heterocycles. The first kappa shape index (κ1) is 17.8. The van der Waals surface area contributed by atoms with Gasteiger partial charge in [-0.25, -0.2) is 4.98 Å². The van der Waals surface area contributed by atoms with Crippen molar-refractivity contribution in [1.82, 2.24) is 20.2 Å². The van der Waals surface area contributed by atoms with Gasteiger partial charge >= 0.3 is 0 Å². The van der Waals surface area contributed by atoms with Crippen LogP contribution in [0.3, 0.4) is 0 Å². The molecule has 7 heteroatoms. The number of hydrogen-bond acceptors (Lipinski definition) is 5. The average molecular weight is 353 g/mol. The number of aromatic nitrogens is 2. The summed E-state index contributed by atoms with van der Waals surface area (Å²) in [6.45, 7) is 1.79. The number of nitrogens with one attached hydrogen (secondary N) is 2. The van der Waals surface area contributed by atoms with Crippen molar-refractivity contribution < 1.29 is 9.59 Å². The number of anilines is 1. The zero-order valence-electron chi connectivity index (χ0n) is 14.6. The third-order valence-electron chi connectivity index (χ3n) is 4.16. The van der Waals surface area contributed by atoms with Gasteiger partial charge in [-0.3, -0.25) is 14.6 Å². The largest absolute Gasteiger partial charge is 0.370 e. The molecule has 0 saturated heterocycles. The van der Waals surface area contributed by atoms with Crippen LogP contribution in [0.25, 0.3) is 0 Å². The Labute approximate surface area is 152 Å². The van der Waals surface area contributed by atoms with Gasteiger partial charge < -0.3 is 15.5 Å². The second-order valence-corrected chi connectivity index (χ2v) is 6.19. The summed E-state index contributed by atoms with van der Waals surface area (Å²) < 4.78 is 0. The summed E-state index contributed by atoms with van der Waals surface area (Å²) in [6.07, 6.45) is 3.83. The fourth-order valence-corrected chi connectivity index (χ4v) is 2.83. The van der Waals surface area contributed by atoms with Crippen LogP contribution >= 0.6 is 0 Å². The molecule has 2 bridgehead atoms. The van der Waals surface area contributed by atoms with Gasteiger partial charge in [-0.05, 0) is 43.5 Å². The number of fused-ring (bicyclic) bond motifs is 2. The molecule has 26 heavy (non-hydrogen) atoms. The molecule has 0 spiro atoms. The molecule has 136 valence electrons. The third kappa shape index (κ3) is 5.02. The maximum atomic E-state index is 12.7. The topological polar surface area (TPSA) is 87.2 Å². The Morgan fingerprint density at radius 1 is 1.04 bits per heavy atom. The SMILES string of the molecule is O=C1CN(C(=O)c2ccccn2)CCCc2cccc(n2)NCCCN1.